The highest BCUT2D eigenvalue weighted by Crippen LogP contribution is 2.26. The van der Waals surface area contributed by atoms with Crippen molar-refractivity contribution in [3.05, 3.63) is 63.4 Å². The van der Waals surface area contributed by atoms with Gasteiger partial charge in [0.1, 0.15) is 5.75 Å². The van der Waals surface area contributed by atoms with E-state index >= 15 is 0 Å². The molecule has 29 heavy (non-hydrogen) atoms. The van der Waals surface area contributed by atoms with Crippen LogP contribution in [0.1, 0.15) is 6.42 Å². The minimum Gasteiger partial charge on any atom is -0.497 e. The molecule has 2 heterocycles. The molecule has 0 spiro atoms. The van der Waals surface area contributed by atoms with Gasteiger partial charge in [0.15, 0.2) is 10.7 Å². The first kappa shape index (κ1) is 19.2. The predicted molar refractivity (Wildman–Crippen MR) is 113 cm³/mol. The number of carbonyl (C=O) groups is 1. The average molecular weight is 430 g/mol. The third kappa shape index (κ3) is 4.18. The molecule has 0 aliphatic heterocycles. The van der Waals surface area contributed by atoms with E-state index in [9.17, 15) is 9.59 Å². The maximum absolute atomic E-state index is 12.3. The van der Waals surface area contributed by atoms with Crippen LogP contribution in [0.3, 0.4) is 0 Å². The lowest BCUT2D eigenvalue weighted by Gasteiger charge is -2.03. The van der Waals surface area contributed by atoms with Crippen molar-refractivity contribution in [1.29, 1.82) is 0 Å². The fourth-order valence-corrected chi connectivity index (χ4v) is 3.77. The van der Waals surface area contributed by atoms with Gasteiger partial charge in [-0.3, -0.25) is 9.36 Å². The Bertz CT molecular complexity index is 1230. The fraction of sp³-hybridized carbons (Fsp3) is 0.150. The molecule has 148 valence electrons. The second-order valence-electron chi connectivity index (χ2n) is 6.20. The maximum Gasteiger partial charge on any atom is 0.419 e. The molecule has 0 fully saturated rings. The molecule has 0 saturated heterocycles. The number of nitrogens with zero attached hydrogens (tertiary/aromatic N) is 2. The molecule has 2 aromatic heterocycles. The number of thiazole rings is 1. The lowest BCUT2D eigenvalue weighted by Crippen LogP contribution is -2.19. The van der Waals surface area contributed by atoms with Crippen LogP contribution < -0.4 is 15.8 Å². The van der Waals surface area contributed by atoms with Crippen molar-refractivity contribution >= 4 is 45.1 Å². The zero-order chi connectivity index (χ0) is 20.4. The van der Waals surface area contributed by atoms with Crippen molar-refractivity contribution in [2.45, 2.75) is 13.0 Å². The second kappa shape index (κ2) is 8.10. The highest BCUT2D eigenvalue weighted by atomic mass is 35.5. The summed E-state index contributed by atoms with van der Waals surface area (Å²) >= 11 is 7.25. The number of halogens is 1. The second-order valence-corrected chi connectivity index (χ2v) is 7.49. The molecule has 1 amide bonds. The maximum atomic E-state index is 12.3. The third-order valence-corrected chi connectivity index (χ3v) is 5.32. The summed E-state index contributed by atoms with van der Waals surface area (Å²) in [5, 5.41) is 5.62. The SMILES string of the molecule is COc1ccc(-c2csc(NC(=O)CCn3c(=O)oc4cc(Cl)ccc43)n2)cc1. The molecule has 0 saturated carbocycles. The van der Waals surface area contributed by atoms with Gasteiger partial charge in [0.05, 0.1) is 18.3 Å². The molecule has 0 aliphatic rings. The monoisotopic (exact) mass is 429 g/mol. The Labute approximate surface area is 174 Å². The third-order valence-electron chi connectivity index (χ3n) is 4.33. The normalized spacial score (nSPS) is 11.0. The molecule has 1 N–H and O–H groups in total. The van der Waals surface area contributed by atoms with E-state index in [4.69, 9.17) is 20.8 Å². The standard InChI is InChI=1S/C20H16ClN3O4S/c1-27-14-5-2-12(3-6-14)15-11-29-19(22-15)23-18(25)8-9-24-16-7-4-13(21)10-17(16)28-20(24)26/h2-7,10-11H,8-9H2,1H3,(H,22,23,25). The van der Waals surface area contributed by atoms with Gasteiger partial charge < -0.3 is 14.5 Å². The first-order chi connectivity index (χ1) is 14.0. The smallest absolute Gasteiger partial charge is 0.419 e. The number of hydrogen-bond donors (Lipinski definition) is 1. The minimum atomic E-state index is -0.522. The van der Waals surface area contributed by atoms with Crippen molar-refractivity contribution < 1.29 is 13.9 Å². The Hall–Kier alpha value is -3.10. The van der Waals surface area contributed by atoms with E-state index in [-0.39, 0.29) is 18.9 Å². The number of oxazole rings is 1. The zero-order valence-corrected chi connectivity index (χ0v) is 16.9. The number of fused-ring (bicyclic) bond motifs is 1. The van der Waals surface area contributed by atoms with E-state index in [0.717, 1.165) is 17.0 Å². The molecule has 4 rings (SSSR count). The molecule has 0 aliphatic carbocycles. The van der Waals surface area contributed by atoms with Gasteiger partial charge in [-0.15, -0.1) is 11.3 Å². The Kier molecular flexibility index (Phi) is 5.37. The number of anilines is 1. The summed E-state index contributed by atoms with van der Waals surface area (Å²) < 4.78 is 11.7. The van der Waals surface area contributed by atoms with Crippen LogP contribution in [0.5, 0.6) is 5.75 Å². The number of carbonyl (C=O) groups excluding carboxylic acids is 1. The van der Waals surface area contributed by atoms with Crippen LogP contribution in [0.4, 0.5) is 5.13 Å². The van der Waals surface area contributed by atoms with Crippen LogP contribution in [-0.2, 0) is 11.3 Å². The van der Waals surface area contributed by atoms with Crippen molar-refractivity contribution in [2.75, 3.05) is 12.4 Å². The number of aryl methyl sites for hydroxylation is 1. The Morgan fingerprint density at radius 2 is 2.07 bits per heavy atom. The molecular formula is C20H16ClN3O4S. The molecule has 9 heteroatoms. The van der Waals surface area contributed by atoms with Gasteiger partial charge in [-0.2, -0.15) is 0 Å². The van der Waals surface area contributed by atoms with Crippen molar-refractivity contribution in [3.8, 4) is 17.0 Å². The van der Waals surface area contributed by atoms with Gasteiger partial charge in [-0.05, 0) is 36.4 Å². The summed E-state index contributed by atoms with van der Waals surface area (Å²) in [6, 6.07) is 12.5. The van der Waals surface area contributed by atoms with Gasteiger partial charge in [0, 0.05) is 35.0 Å². The van der Waals surface area contributed by atoms with E-state index in [1.807, 2.05) is 29.6 Å². The van der Waals surface area contributed by atoms with Crippen LogP contribution in [0.15, 0.2) is 57.1 Å². The number of amides is 1. The number of hydrogen-bond acceptors (Lipinski definition) is 6. The number of aromatic nitrogens is 2. The highest BCUT2D eigenvalue weighted by Gasteiger charge is 2.13. The van der Waals surface area contributed by atoms with Crippen LogP contribution >= 0.6 is 22.9 Å². The largest absolute Gasteiger partial charge is 0.497 e. The minimum absolute atomic E-state index is 0.106. The van der Waals surface area contributed by atoms with Gasteiger partial charge in [-0.1, -0.05) is 11.6 Å². The first-order valence-corrected chi connectivity index (χ1v) is 9.98. The molecule has 7 nitrogen and oxygen atoms in total. The highest BCUT2D eigenvalue weighted by molar-refractivity contribution is 7.14. The van der Waals surface area contributed by atoms with E-state index in [2.05, 4.69) is 10.3 Å². The van der Waals surface area contributed by atoms with Gasteiger partial charge >= 0.3 is 5.76 Å². The predicted octanol–water partition coefficient (Wildman–Crippen LogP) is 4.41. The number of benzene rings is 2. The number of rotatable bonds is 6. The van der Waals surface area contributed by atoms with Gasteiger partial charge in [0.25, 0.3) is 0 Å². The zero-order valence-electron chi connectivity index (χ0n) is 15.3. The quantitative estimate of drug-likeness (QED) is 0.490. The van der Waals surface area contributed by atoms with Crippen LogP contribution in [0.25, 0.3) is 22.4 Å². The molecule has 0 radical (unpaired) electrons. The fourth-order valence-electron chi connectivity index (χ4n) is 2.87. The van der Waals surface area contributed by atoms with Gasteiger partial charge in [-0.25, -0.2) is 9.78 Å². The molecular weight excluding hydrogens is 414 g/mol. The molecule has 0 atom stereocenters. The molecule has 0 bridgehead atoms. The Morgan fingerprint density at radius 3 is 2.83 bits per heavy atom. The van der Waals surface area contributed by atoms with Crippen molar-refractivity contribution in [2.24, 2.45) is 0 Å². The van der Waals surface area contributed by atoms with Gasteiger partial charge in [0.2, 0.25) is 5.91 Å². The van der Waals surface area contributed by atoms with Crippen LogP contribution in [0.2, 0.25) is 5.02 Å². The van der Waals surface area contributed by atoms with Crippen LogP contribution in [-0.4, -0.2) is 22.6 Å². The summed E-state index contributed by atoms with van der Waals surface area (Å²) in [6.07, 6.45) is 0.106. The summed E-state index contributed by atoms with van der Waals surface area (Å²) in [6.45, 7) is 0.190. The Morgan fingerprint density at radius 1 is 1.28 bits per heavy atom. The summed E-state index contributed by atoms with van der Waals surface area (Å²) in [4.78, 5) is 28.8. The first-order valence-electron chi connectivity index (χ1n) is 8.72. The lowest BCUT2D eigenvalue weighted by molar-refractivity contribution is -0.116. The number of nitrogens with one attached hydrogen (secondary N) is 1. The summed E-state index contributed by atoms with van der Waals surface area (Å²) in [5.41, 5.74) is 2.69. The molecule has 0 unspecified atom stereocenters. The van der Waals surface area contributed by atoms with E-state index in [1.165, 1.54) is 15.9 Å². The summed E-state index contributed by atoms with van der Waals surface area (Å²) in [7, 11) is 1.61. The van der Waals surface area contributed by atoms with Crippen LogP contribution in [0, 0.1) is 0 Å². The number of methoxy groups -OCH3 is 1. The topological polar surface area (TPSA) is 86.4 Å². The van der Waals surface area contributed by atoms with E-state index in [1.54, 1.807) is 25.3 Å². The van der Waals surface area contributed by atoms with E-state index < -0.39 is 5.76 Å². The molecule has 4 aromatic rings. The molecule has 2 aromatic carbocycles. The Balaban J connectivity index is 1.41. The summed E-state index contributed by atoms with van der Waals surface area (Å²) in [5.74, 6) is 0.00346. The van der Waals surface area contributed by atoms with Crippen molar-refractivity contribution in [1.82, 2.24) is 9.55 Å². The van der Waals surface area contributed by atoms with Crippen molar-refractivity contribution in [3.63, 3.8) is 0 Å². The van der Waals surface area contributed by atoms with E-state index in [0.29, 0.717) is 21.3 Å². The average Bonchev–Trinajstić information content (AvgIpc) is 3.29. The lowest BCUT2D eigenvalue weighted by atomic mass is 10.2. The number of ether oxygens (including phenoxy) is 1.